The van der Waals surface area contributed by atoms with E-state index in [2.05, 4.69) is 6.07 Å². The summed E-state index contributed by atoms with van der Waals surface area (Å²) in [6, 6.07) is 7.42. The maximum atomic E-state index is 9.16. The fraction of sp³-hybridized carbons (Fsp3) is 0.214. The summed E-state index contributed by atoms with van der Waals surface area (Å²) < 4.78 is 7.12. The quantitative estimate of drug-likeness (QED) is 0.915. The first-order valence-corrected chi connectivity index (χ1v) is 6.10. The maximum Gasteiger partial charge on any atom is 0.143 e. The largest absolute Gasteiger partial charge is 0.495 e. The van der Waals surface area contributed by atoms with Crippen molar-refractivity contribution in [2.45, 2.75) is 13.8 Å². The van der Waals surface area contributed by atoms with Crippen molar-refractivity contribution in [3.05, 3.63) is 40.0 Å². The molecule has 19 heavy (non-hydrogen) atoms. The Balaban J connectivity index is 2.80. The number of methoxy groups -OCH3 is 1. The van der Waals surface area contributed by atoms with Gasteiger partial charge in [0.25, 0.3) is 0 Å². The van der Waals surface area contributed by atoms with Crippen molar-refractivity contribution in [3.63, 3.8) is 0 Å². The first kappa shape index (κ1) is 13.3. The first-order valence-electron chi connectivity index (χ1n) is 5.72. The molecular formula is C14H14ClN3O. The third kappa shape index (κ3) is 2.02. The van der Waals surface area contributed by atoms with Gasteiger partial charge in [-0.15, -0.1) is 0 Å². The summed E-state index contributed by atoms with van der Waals surface area (Å²) in [5, 5.41) is 9.75. The molecule has 0 aliphatic rings. The first-order chi connectivity index (χ1) is 9.01. The van der Waals surface area contributed by atoms with Crippen LogP contribution in [0.2, 0.25) is 5.02 Å². The third-order valence-corrected chi connectivity index (χ3v) is 3.48. The molecule has 0 bridgehead atoms. The molecule has 0 fully saturated rings. The van der Waals surface area contributed by atoms with Crippen LogP contribution in [0.25, 0.3) is 5.69 Å². The zero-order chi connectivity index (χ0) is 14.2. The Morgan fingerprint density at radius 1 is 1.37 bits per heavy atom. The van der Waals surface area contributed by atoms with Crippen molar-refractivity contribution < 1.29 is 4.74 Å². The van der Waals surface area contributed by atoms with Crippen molar-refractivity contribution in [2.24, 2.45) is 0 Å². The van der Waals surface area contributed by atoms with Crippen LogP contribution in [0.4, 0.5) is 5.82 Å². The minimum atomic E-state index is 0.401. The summed E-state index contributed by atoms with van der Waals surface area (Å²) in [4.78, 5) is 0. The fourth-order valence-corrected chi connectivity index (χ4v) is 2.29. The predicted octanol–water partition coefficient (Wildman–Crippen LogP) is 3.21. The monoisotopic (exact) mass is 275 g/mol. The molecule has 0 unspecified atom stereocenters. The van der Waals surface area contributed by atoms with E-state index in [-0.39, 0.29) is 0 Å². The number of aromatic nitrogens is 1. The molecule has 2 aromatic rings. The lowest BCUT2D eigenvalue weighted by Crippen LogP contribution is -2.04. The van der Waals surface area contributed by atoms with E-state index in [1.807, 2.05) is 13.8 Å². The van der Waals surface area contributed by atoms with Crippen molar-refractivity contribution in [1.82, 2.24) is 4.57 Å². The van der Waals surface area contributed by atoms with Gasteiger partial charge in [0.2, 0.25) is 0 Å². The van der Waals surface area contributed by atoms with Gasteiger partial charge in [-0.1, -0.05) is 11.6 Å². The van der Waals surface area contributed by atoms with Crippen molar-refractivity contribution in [1.29, 1.82) is 5.26 Å². The number of hydrogen-bond acceptors (Lipinski definition) is 3. The topological polar surface area (TPSA) is 64.0 Å². The highest BCUT2D eigenvalue weighted by Crippen LogP contribution is 2.33. The average molecular weight is 276 g/mol. The van der Waals surface area contributed by atoms with Gasteiger partial charge in [0.15, 0.2) is 0 Å². The number of nitrogens with zero attached hydrogens (tertiary/aromatic N) is 2. The molecule has 1 aromatic carbocycles. The van der Waals surface area contributed by atoms with Crippen LogP contribution in [0, 0.1) is 25.2 Å². The number of ether oxygens (including phenoxy) is 1. The summed E-state index contributed by atoms with van der Waals surface area (Å²) in [5.41, 5.74) is 9.04. The predicted molar refractivity (Wildman–Crippen MR) is 75.9 cm³/mol. The fourth-order valence-electron chi connectivity index (χ4n) is 2.12. The van der Waals surface area contributed by atoms with Gasteiger partial charge in [-0.05, 0) is 37.6 Å². The molecule has 0 aliphatic carbocycles. The Morgan fingerprint density at radius 2 is 2.05 bits per heavy atom. The lowest BCUT2D eigenvalue weighted by atomic mass is 10.2. The smallest absolute Gasteiger partial charge is 0.143 e. The van der Waals surface area contributed by atoms with E-state index in [0.717, 1.165) is 16.9 Å². The molecule has 1 aromatic heterocycles. The molecular weight excluding hydrogens is 262 g/mol. The second-order valence-electron chi connectivity index (χ2n) is 4.23. The van der Waals surface area contributed by atoms with E-state index in [1.54, 1.807) is 29.9 Å². The molecule has 1 heterocycles. The Morgan fingerprint density at radius 3 is 2.58 bits per heavy atom. The van der Waals surface area contributed by atoms with E-state index in [1.165, 1.54) is 0 Å². The van der Waals surface area contributed by atoms with Crippen molar-refractivity contribution >= 4 is 17.4 Å². The summed E-state index contributed by atoms with van der Waals surface area (Å²) in [5.74, 6) is 1.05. The van der Waals surface area contributed by atoms with Gasteiger partial charge in [0, 0.05) is 10.7 Å². The highest BCUT2D eigenvalue weighted by Gasteiger charge is 2.18. The minimum absolute atomic E-state index is 0.401. The second-order valence-corrected chi connectivity index (χ2v) is 4.67. The van der Waals surface area contributed by atoms with Gasteiger partial charge in [0.05, 0.1) is 18.4 Å². The Labute approximate surface area is 117 Å². The molecule has 0 radical (unpaired) electrons. The van der Waals surface area contributed by atoms with Crippen molar-refractivity contribution in [2.75, 3.05) is 12.8 Å². The van der Waals surface area contributed by atoms with Gasteiger partial charge in [-0.25, -0.2) is 0 Å². The molecule has 4 nitrogen and oxygen atoms in total. The average Bonchev–Trinajstić information content (AvgIpc) is 2.60. The zero-order valence-electron chi connectivity index (χ0n) is 11.0. The summed E-state index contributed by atoms with van der Waals surface area (Å²) in [6.07, 6.45) is 0. The molecule has 98 valence electrons. The van der Waals surface area contributed by atoms with E-state index < -0.39 is 0 Å². The number of benzene rings is 1. The summed E-state index contributed by atoms with van der Waals surface area (Å²) in [7, 11) is 1.58. The lowest BCUT2D eigenvalue weighted by Gasteiger charge is -2.13. The molecule has 2 rings (SSSR count). The highest BCUT2D eigenvalue weighted by molar-refractivity contribution is 6.30. The molecule has 0 saturated carbocycles. The number of nitrogen functional groups attached to an aromatic ring is 1. The third-order valence-electron chi connectivity index (χ3n) is 3.24. The van der Waals surface area contributed by atoms with Crippen LogP contribution in [0.15, 0.2) is 18.2 Å². The minimum Gasteiger partial charge on any atom is -0.495 e. The van der Waals surface area contributed by atoms with E-state index in [0.29, 0.717) is 22.2 Å². The molecule has 2 N–H and O–H groups in total. The highest BCUT2D eigenvalue weighted by atomic mass is 35.5. The molecule has 5 heteroatoms. The van der Waals surface area contributed by atoms with E-state index in [4.69, 9.17) is 27.3 Å². The Hall–Kier alpha value is -2.12. The van der Waals surface area contributed by atoms with Crippen LogP contribution >= 0.6 is 11.6 Å². The summed E-state index contributed by atoms with van der Waals surface area (Å²) in [6.45, 7) is 3.78. The number of nitrogens with two attached hydrogens (primary N) is 1. The summed E-state index contributed by atoms with van der Waals surface area (Å²) >= 11 is 6.03. The number of hydrogen-bond donors (Lipinski definition) is 1. The van der Waals surface area contributed by atoms with E-state index in [9.17, 15) is 0 Å². The van der Waals surface area contributed by atoms with Gasteiger partial charge in [-0.2, -0.15) is 5.26 Å². The number of nitriles is 1. The van der Waals surface area contributed by atoms with Gasteiger partial charge in [0.1, 0.15) is 17.6 Å². The molecule has 0 aliphatic heterocycles. The van der Waals surface area contributed by atoms with Crippen LogP contribution < -0.4 is 10.5 Å². The van der Waals surface area contributed by atoms with Gasteiger partial charge in [-0.3, -0.25) is 4.57 Å². The van der Waals surface area contributed by atoms with Crippen LogP contribution in [0.5, 0.6) is 5.75 Å². The van der Waals surface area contributed by atoms with E-state index >= 15 is 0 Å². The Bertz CT molecular complexity index is 683. The Kier molecular flexibility index (Phi) is 3.41. The molecule has 0 amide bonds. The number of anilines is 1. The molecule has 0 spiro atoms. The number of rotatable bonds is 2. The zero-order valence-corrected chi connectivity index (χ0v) is 11.7. The van der Waals surface area contributed by atoms with Crippen molar-refractivity contribution in [3.8, 4) is 17.5 Å². The van der Waals surface area contributed by atoms with Gasteiger partial charge >= 0.3 is 0 Å². The van der Waals surface area contributed by atoms with Crippen LogP contribution in [-0.2, 0) is 0 Å². The molecule has 0 saturated heterocycles. The maximum absolute atomic E-state index is 9.16. The van der Waals surface area contributed by atoms with Crippen LogP contribution in [0.1, 0.15) is 16.8 Å². The second kappa shape index (κ2) is 4.87. The number of halogens is 1. The standard InChI is InChI=1S/C14H14ClN3O/c1-8-9(2)18(14(17)11(8)7-16)12-6-10(15)4-5-13(12)19-3/h4-6H,17H2,1-3H3. The SMILES string of the molecule is COc1ccc(Cl)cc1-n1c(C)c(C)c(C#N)c1N. The lowest BCUT2D eigenvalue weighted by molar-refractivity contribution is 0.413. The van der Waals surface area contributed by atoms with Crippen LogP contribution in [-0.4, -0.2) is 11.7 Å². The normalized spacial score (nSPS) is 10.3. The van der Waals surface area contributed by atoms with Gasteiger partial charge < -0.3 is 10.5 Å². The molecule has 0 atom stereocenters. The van der Waals surface area contributed by atoms with Crippen LogP contribution in [0.3, 0.4) is 0 Å².